The smallest absolute Gasteiger partial charge is 0.310 e. The van der Waals surface area contributed by atoms with Gasteiger partial charge in [0, 0.05) is 13.6 Å². The Morgan fingerprint density at radius 3 is 3.06 bits per heavy atom. The number of ether oxygens (including phenoxy) is 1. The highest BCUT2D eigenvalue weighted by Gasteiger charge is 2.16. The van der Waals surface area contributed by atoms with Gasteiger partial charge in [0.25, 0.3) is 0 Å². The van der Waals surface area contributed by atoms with Crippen molar-refractivity contribution in [2.45, 2.75) is 6.92 Å². The maximum Gasteiger partial charge on any atom is 0.310 e. The van der Waals surface area contributed by atoms with Gasteiger partial charge in [-0.15, -0.1) is 14.8 Å². The summed E-state index contributed by atoms with van der Waals surface area (Å²) in [6.07, 6.45) is 0. The number of hydrogen-bond donors (Lipinski definition) is 0. The van der Waals surface area contributed by atoms with E-state index in [4.69, 9.17) is 0 Å². The van der Waals surface area contributed by atoms with E-state index in [-0.39, 0.29) is 11.9 Å². The number of rotatable bonds is 4. The van der Waals surface area contributed by atoms with Crippen molar-refractivity contribution in [1.29, 1.82) is 0 Å². The first-order valence-electron chi connectivity index (χ1n) is 5.46. The van der Waals surface area contributed by atoms with Crippen LogP contribution in [0.5, 0.6) is 0 Å². The highest BCUT2D eigenvalue weighted by molar-refractivity contribution is 5.72. The Kier molecular flexibility index (Phi) is 3.35. The average Bonchev–Trinajstić information content (AvgIpc) is 2.84. The van der Waals surface area contributed by atoms with Crippen LogP contribution in [-0.4, -0.2) is 51.9 Å². The third kappa shape index (κ3) is 2.36. The topological polar surface area (TPSA) is 85.5 Å². The summed E-state index contributed by atoms with van der Waals surface area (Å²) in [7, 11) is 3.22. The summed E-state index contributed by atoms with van der Waals surface area (Å²) >= 11 is 0. The van der Waals surface area contributed by atoms with Crippen molar-refractivity contribution in [3.63, 3.8) is 0 Å². The molecular weight excluding hydrogens is 236 g/mol. The Bertz CT molecular complexity index is 554. The van der Waals surface area contributed by atoms with Gasteiger partial charge in [0.1, 0.15) is 0 Å². The number of nitrogens with zero attached hydrogens (tertiary/aromatic N) is 6. The number of tetrazole rings is 1. The van der Waals surface area contributed by atoms with Crippen molar-refractivity contribution >= 4 is 17.4 Å². The Balaban J connectivity index is 2.12. The number of methoxy groups -OCH3 is 1. The first-order valence-corrected chi connectivity index (χ1v) is 5.46. The normalized spacial score (nSPS) is 12.4. The van der Waals surface area contributed by atoms with Crippen LogP contribution >= 0.6 is 0 Å². The molecule has 2 rings (SSSR count). The summed E-state index contributed by atoms with van der Waals surface area (Å²) in [6.45, 7) is 2.31. The Morgan fingerprint density at radius 1 is 1.56 bits per heavy atom. The van der Waals surface area contributed by atoms with Gasteiger partial charge in [-0.3, -0.25) is 4.79 Å². The Labute approximate surface area is 104 Å². The van der Waals surface area contributed by atoms with E-state index >= 15 is 0 Å². The zero-order chi connectivity index (χ0) is 13.1. The van der Waals surface area contributed by atoms with Crippen LogP contribution in [0.25, 0.3) is 5.65 Å². The second-order valence-electron chi connectivity index (χ2n) is 4.02. The summed E-state index contributed by atoms with van der Waals surface area (Å²) in [6, 6.07) is 3.57. The lowest BCUT2D eigenvalue weighted by Crippen LogP contribution is -2.30. The molecule has 2 aromatic rings. The molecule has 0 fully saturated rings. The molecule has 0 unspecified atom stereocenters. The van der Waals surface area contributed by atoms with Gasteiger partial charge in [0.15, 0.2) is 11.5 Å². The second kappa shape index (κ2) is 4.94. The fraction of sp³-hybridized carbons (Fsp3) is 0.500. The van der Waals surface area contributed by atoms with Crippen LogP contribution in [-0.2, 0) is 9.53 Å². The van der Waals surface area contributed by atoms with Crippen LogP contribution in [0.4, 0.5) is 5.82 Å². The van der Waals surface area contributed by atoms with Crippen molar-refractivity contribution in [3.05, 3.63) is 12.1 Å². The van der Waals surface area contributed by atoms with Crippen molar-refractivity contribution < 1.29 is 9.53 Å². The largest absolute Gasteiger partial charge is 0.469 e. The number of aromatic nitrogens is 5. The number of carbonyl (C=O) groups excluding carboxylic acids is 1. The third-order valence-electron chi connectivity index (χ3n) is 2.60. The Morgan fingerprint density at radius 2 is 2.33 bits per heavy atom. The summed E-state index contributed by atoms with van der Waals surface area (Å²) in [5, 5.41) is 15.2. The van der Waals surface area contributed by atoms with E-state index in [1.807, 2.05) is 11.9 Å². The molecule has 0 aliphatic heterocycles. The van der Waals surface area contributed by atoms with Crippen molar-refractivity contribution in [2.75, 3.05) is 25.6 Å². The van der Waals surface area contributed by atoms with E-state index in [1.165, 1.54) is 11.7 Å². The molecule has 2 aromatic heterocycles. The van der Waals surface area contributed by atoms with Crippen molar-refractivity contribution in [1.82, 2.24) is 25.3 Å². The van der Waals surface area contributed by atoms with E-state index in [0.29, 0.717) is 18.0 Å². The maximum absolute atomic E-state index is 11.3. The van der Waals surface area contributed by atoms with Gasteiger partial charge >= 0.3 is 5.97 Å². The zero-order valence-corrected chi connectivity index (χ0v) is 10.4. The molecule has 0 aliphatic carbocycles. The fourth-order valence-corrected chi connectivity index (χ4v) is 1.62. The third-order valence-corrected chi connectivity index (χ3v) is 2.60. The number of fused-ring (bicyclic) bond motifs is 1. The van der Waals surface area contributed by atoms with Gasteiger partial charge in [-0.25, -0.2) is 0 Å². The molecule has 1 atom stereocenters. The van der Waals surface area contributed by atoms with Gasteiger partial charge in [-0.2, -0.15) is 0 Å². The zero-order valence-electron chi connectivity index (χ0n) is 10.4. The average molecular weight is 250 g/mol. The van der Waals surface area contributed by atoms with Gasteiger partial charge in [0.2, 0.25) is 0 Å². The fourth-order valence-electron chi connectivity index (χ4n) is 1.62. The summed E-state index contributed by atoms with van der Waals surface area (Å²) in [5.41, 5.74) is 0.577. The van der Waals surface area contributed by atoms with Crippen LogP contribution in [0.15, 0.2) is 12.1 Å². The number of carbonyl (C=O) groups is 1. The molecule has 8 nitrogen and oxygen atoms in total. The van der Waals surface area contributed by atoms with Crippen molar-refractivity contribution in [2.24, 2.45) is 5.92 Å². The van der Waals surface area contributed by atoms with Crippen LogP contribution in [0, 0.1) is 5.92 Å². The SMILES string of the molecule is COC(=O)[C@H](C)CN(C)c1ccc2nnnn2n1. The molecule has 2 heterocycles. The Hall–Kier alpha value is -2.25. The molecule has 0 amide bonds. The molecule has 0 aliphatic rings. The van der Waals surface area contributed by atoms with E-state index in [9.17, 15) is 4.79 Å². The minimum absolute atomic E-state index is 0.230. The van der Waals surface area contributed by atoms with Gasteiger partial charge < -0.3 is 9.64 Å². The molecule has 18 heavy (non-hydrogen) atoms. The van der Waals surface area contributed by atoms with Gasteiger partial charge in [0.05, 0.1) is 13.0 Å². The first kappa shape index (κ1) is 12.2. The quantitative estimate of drug-likeness (QED) is 0.692. The molecular formula is C10H14N6O2. The molecule has 0 bridgehead atoms. The van der Waals surface area contributed by atoms with Gasteiger partial charge in [-0.05, 0) is 22.6 Å². The molecule has 0 aromatic carbocycles. The lowest BCUT2D eigenvalue weighted by atomic mass is 10.2. The molecule has 8 heteroatoms. The standard InChI is InChI=1S/C10H14N6O2/c1-7(10(17)18-3)6-15(2)9-5-4-8-11-13-14-16(8)12-9/h4-5,7H,6H2,1-3H3/t7-/m1/s1. The summed E-state index contributed by atoms with van der Waals surface area (Å²) in [4.78, 5) is 13.2. The molecule has 0 radical (unpaired) electrons. The monoisotopic (exact) mass is 250 g/mol. The molecule has 0 N–H and O–H groups in total. The molecule has 0 saturated heterocycles. The maximum atomic E-state index is 11.3. The van der Waals surface area contributed by atoms with E-state index < -0.39 is 0 Å². The van der Waals surface area contributed by atoms with E-state index in [0.717, 1.165) is 0 Å². The first-order chi connectivity index (χ1) is 8.61. The number of anilines is 1. The molecule has 0 saturated carbocycles. The van der Waals surface area contributed by atoms with Gasteiger partial charge in [-0.1, -0.05) is 6.92 Å². The summed E-state index contributed by atoms with van der Waals surface area (Å²) in [5.74, 6) is 0.210. The van der Waals surface area contributed by atoms with Crippen LogP contribution in [0.2, 0.25) is 0 Å². The summed E-state index contributed by atoms with van der Waals surface area (Å²) < 4.78 is 6.02. The predicted octanol–water partition coefficient (Wildman–Crippen LogP) is -0.235. The lowest BCUT2D eigenvalue weighted by Gasteiger charge is -2.20. The van der Waals surface area contributed by atoms with E-state index in [1.54, 1.807) is 19.1 Å². The van der Waals surface area contributed by atoms with Crippen LogP contribution < -0.4 is 4.90 Å². The van der Waals surface area contributed by atoms with Crippen LogP contribution in [0.3, 0.4) is 0 Å². The number of esters is 1. The predicted molar refractivity (Wildman–Crippen MR) is 63.0 cm³/mol. The van der Waals surface area contributed by atoms with Crippen LogP contribution in [0.1, 0.15) is 6.92 Å². The minimum atomic E-state index is -0.245. The second-order valence-corrected chi connectivity index (χ2v) is 4.02. The van der Waals surface area contributed by atoms with E-state index in [2.05, 4.69) is 25.4 Å². The minimum Gasteiger partial charge on any atom is -0.469 e. The lowest BCUT2D eigenvalue weighted by molar-refractivity contribution is -0.144. The highest BCUT2D eigenvalue weighted by atomic mass is 16.5. The van der Waals surface area contributed by atoms with Crippen molar-refractivity contribution in [3.8, 4) is 0 Å². The highest BCUT2D eigenvalue weighted by Crippen LogP contribution is 2.11. The number of hydrogen-bond acceptors (Lipinski definition) is 7. The molecule has 0 spiro atoms. The molecule has 96 valence electrons.